The fourth-order valence-corrected chi connectivity index (χ4v) is 1.63. The van der Waals surface area contributed by atoms with E-state index in [4.69, 9.17) is 4.74 Å². The first kappa shape index (κ1) is 13.1. The molecule has 0 aliphatic rings. The Morgan fingerprint density at radius 2 is 2.12 bits per heavy atom. The van der Waals surface area contributed by atoms with E-state index in [-0.39, 0.29) is 5.82 Å². The molecular weight excluding hydrogens is 205 g/mol. The van der Waals surface area contributed by atoms with Crippen LogP contribution in [0.15, 0.2) is 18.2 Å². The Bertz CT molecular complexity index is 315. The van der Waals surface area contributed by atoms with Gasteiger partial charge in [-0.1, -0.05) is 6.07 Å². The molecule has 1 rings (SSSR count). The fourth-order valence-electron chi connectivity index (χ4n) is 1.63. The molecule has 1 aromatic rings. The molecule has 0 spiro atoms. The van der Waals surface area contributed by atoms with Crippen molar-refractivity contribution in [1.82, 2.24) is 5.32 Å². The van der Waals surface area contributed by atoms with Crippen LogP contribution in [-0.2, 0) is 11.2 Å². The molecule has 0 radical (unpaired) electrons. The number of ether oxygens (including phenoxy) is 1. The summed E-state index contributed by atoms with van der Waals surface area (Å²) in [7, 11) is 1.71. The summed E-state index contributed by atoms with van der Waals surface area (Å²) in [5, 5.41) is 3.34. The lowest BCUT2D eigenvalue weighted by Crippen LogP contribution is -2.19. The molecule has 1 aromatic carbocycles. The van der Waals surface area contributed by atoms with Gasteiger partial charge in [0.05, 0.1) is 0 Å². The molecule has 0 saturated heterocycles. The summed E-state index contributed by atoms with van der Waals surface area (Å²) in [6, 6.07) is 4.97. The van der Waals surface area contributed by atoms with Crippen molar-refractivity contribution in [2.75, 3.05) is 26.8 Å². The Kier molecular flexibility index (Phi) is 6.04. The normalized spacial score (nSPS) is 10.7. The molecule has 1 N–H and O–H groups in total. The van der Waals surface area contributed by atoms with Crippen LogP contribution in [0.4, 0.5) is 4.39 Å². The van der Waals surface area contributed by atoms with Crippen LogP contribution in [0.25, 0.3) is 0 Å². The van der Waals surface area contributed by atoms with E-state index in [0.29, 0.717) is 0 Å². The van der Waals surface area contributed by atoms with Crippen LogP contribution in [0, 0.1) is 12.7 Å². The maximum absolute atomic E-state index is 12.8. The van der Waals surface area contributed by atoms with Gasteiger partial charge in [0.2, 0.25) is 0 Å². The maximum atomic E-state index is 12.8. The topological polar surface area (TPSA) is 21.3 Å². The van der Waals surface area contributed by atoms with Crippen molar-refractivity contribution in [3.63, 3.8) is 0 Å². The molecule has 0 heterocycles. The standard InChI is InChI=1S/C13H20FNO/c1-11-10-13(14)5-4-12(11)6-8-15-7-3-9-16-2/h4-5,10,15H,3,6-9H2,1-2H3. The highest BCUT2D eigenvalue weighted by Crippen LogP contribution is 2.10. The molecule has 0 unspecified atom stereocenters. The van der Waals surface area contributed by atoms with Crippen LogP contribution in [0.1, 0.15) is 17.5 Å². The zero-order chi connectivity index (χ0) is 11.8. The molecule has 16 heavy (non-hydrogen) atoms. The number of hydrogen-bond donors (Lipinski definition) is 1. The zero-order valence-electron chi connectivity index (χ0n) is 10.1. The van der Waals surface area contributed by atoms with Crippen molar-refractivity contribution in [3.8, 4) is 0 Å². The van der Waals surface area contributed by atoms with Crippen LogP contribution < -0.4 is 5.32 Å². The summed E-state index contributed by atoms with van der Waals surface area (Å²) in [5.74, 6) is -0.158. The van der Waals surface area contributed by atoms with E-state index in [1.54, 1.807) is 13.2 Å². The minimum Gasteiger partial charge on any atom is -0.385 e. The monoisotopic (exact) mass is 225 g/mol. The minimum atomic E-state index is -0.158. The van der Waals surface area contributed by atoms with Gasteiger partial charge in [0.1, 0.15) is 5.82 Å². The lowest BCUT2D eigenvalue weighted by Gasteiger charge is -2.07. The molecule has 2 nitrogen and oxygen atoms in total. The van der Waals surface area contributed by atoms with Gasteiger partial charge >= 0.3 is 0 Å². The SMILES string of the molecule is COCCCNCCc1ccc(F)cc1C. The average Bonchev–Trinajstić information content (AvgIpc) is 2.26. The van der Waals surface area contributed by atoms with Crippen LogP contribution in [0.3, 0.4) is 0 Å². The van der Waals surface area contributed by atoms with Gasteiger partial charge in [0, 0.05) is 13.7 Å². The van der Waals surface area contributed by atoms with E-state index >= 15 is 0 Å². The minimum absolute atomic E-state index is 0.158. The van der Waals surface area contributed by atoms with E-state index in [9.17, 15) is 4.39 Å². The van der Waals surface area contributed by atoms with E-state index in [1.807, 2.05) is 13.0 Å². The van der Waals surface area contributed by atoms with Gasteiger partial charge in [0.25, 0.3) is 0 Å². The quantitative estimate of drug-likeness (QED) is 0.719. The fraction of sp³-hybridized carbons (Fsp3) is 0.538. The smallest absolute Gasteiger partial charge is 0.123 e. The number of halogens is 1. The summed E-state index contributed by atoms with van der Waals surface area (Å²) in [6.07, 6.45) is 1.97. The summed E-state index contributed by atoms with van der Waals surface area (Å²) in [6.45, 7) is 4.64. The lowest BCUT2D eigenvalue weighted by molar-refractivity contribution is 0.194. The molecular formula is C13H20FNO. The van der Waals surface area contributed by atoms with E-state index in [0.717, 1.165) is 38.1 Å². The Labute approximate surface area is 96.8 Å². The summed E-state index contributed by atoms with van der Waals surface area (Å²) < 4.78 is 17.8. The van der Waals surface area contributed by atoms with E-state index < -0.39 is 0 Å². The van der Waals surface area contributed by atoms with E-state index in [1.165, 1.54) is 11.6 Å². The highest BCUT2D eigenvalue weighted by molar-refractivity contribution is 5.26. The first-order chi connectivity index (χ1) is 7.74. The predicted octanol–water partition coefficient (Wildman–Crippen LogP) is 2.30. The Balaban J connectivity index is 2.21. The maximum Gasteiger partial charge on any atom is 0.123 e. The largest absolute Gasteiger partial charge is 0.385 e. The van der Waals surface area contributed by atoms with Crippen molar-refractivity contribution in [3.05, 3.63) is 35.1 Å². The highest BCUT2D eigenvalue weighted by Gasteiger charge is 1.99. The molecule has 0 bridgehead atoms. The molecule has 0 aromatic heterocycles. The molecule has 0 aliphatic carbocycles. The second-order valence-corrected chi connectivity index (χ2v) is 3.92. The molecule has 3 heteroatoms. The Hall–Kier alpha value is -0.930. The first-order valence-corrected chi connectivity index (χ1v) is 5.68. The molecule has 0 fully saturated rings. The van der Waals surface area contributed by atoms with Crippen molar-refractivity contribution in [1.29, 1.82) is 0 Å². The van der Waals surface area contributed by atoms with Gasteiger partial charge in [-0.3, -0.25) is 0 Å². The third-order valence-electron chi connectivity index (χ3n) is 2.58. The molecule has 0 atom stereocenters. The Morgan fingerprint density at radius 1 is 1.31 bits per heavy atom. The highest BCUT2D eigenvalue weighted by atomic mass is 19.1. The van der Waals surface area contributed by atoms with Gasteiger partial charge < -0.3 is 10.1 Å². The lowest BCUT2D eigenvalue weighted by atomic mass is 10.1. The van der Waals surface area contributed by atoms with Crippen LogP contribution >= 0.6 is 0 Å². The number of benzene rings is 1. The average molecular weight is 225 g/mol. The van der Waals surface area contributed by atoms with E-state index in [2.05, 4.69) is 5.32 Å². The van der Waals surface area contributed by atoms with Crippen LogP contribution in [0.2, 0.25) is 0 Å². The van der Waals surface area contributed by atoms with Crippen LogP contribution in [0.5, 0.6) is 0 Å². The Morgan fingerprint density at radius 3 is 2.81 bits per heavy atom. The van der Waals surface area contributed by atoms with Crippen molar-refractivity contribution in [2.24, 2.45) is 0 Å². The summed E-state index contributed by atoms with van der Waals surface area (Å²) >= 11 is 0. The van der Waals surface area contributed by atoms with Gasteiger partial charge in [0.15, 0.2) is 0 Å². The van der Waals surface area contributed by atoms with Gasteiger partial charge in [-0.15, -0.1) is 0 Å². The molecule has 90 valence electrons. The third-order valence-corrected chi connectivity index (χ3v) is 2.58. The molecule has 0 amide bonds. The molecule has 0 aliphatic heterocycles. The number of methoxy groups -OCH3 is 1. The summed E-state index contributed by atoms with van der Waals surface area (Å²) in [4.78, 5) is 0. The summed E-state index contributed by atoms with van der Waals surface area (Å²) in [5.41, 5.74) is 2.24. The van der Waals surface area contributed by atoms with Crippen molar-refractivity contribution in [2.45, 2.75) is 19.8 Å². The predicted molar refractivity (Wildman–Crippen MR) is 64.2 cm³/mol. The van der Waals surface area contributed by atoms with Crippen molar-refractivity contribution >= 4 is 0 Å². The number of rotatable bonds is 7. The van der Waals surface area contributed by atoms with Crippen molar-refractivity contribution < 1.29 is 9.13 Å². The number of nitrogens with one attached hydrogen (secondary N) is 1. The number of hydrogen-bond acceptors (Lipinski definition) is 2. The first-order valence-electron chi connectivity index (χ1n) is 5.68. The van der Waals surface area contributed by atoms with Crippen LogP contribution in [-0.4, -0.2) is 26.8 Å². The number of aryl methyl sites for hydroxylation is 1. The second kappa shape index (κ2) is 7.36. The molecule has 0 saturated carbocycles. The van der Waals surface area contributed by atoms with Gasteiger partial charge in [-0.2, -0.15) is 0 Å². The third kappa shape index (κ3) is 4.73. The second-order valence-electron chi connectivity index (χ2n) is 3.92. The van der Waals surface area contributed by atoms with Gasteiger partial charge in [-0.05, 0) is 56.1 Å². The zero-order valence-corrected chi connectivity index (χ0v) is 10.1. The van der Waals surface area contributed by atoms with Gasteiger partial charge in [-0.25, -0.2) is 4.39 Å².